The smallest absolute Gasteiger partial charge is 0.248 e. The maximum atomic E-state index is 11.1. The second-order valence-electron chi connectivity index (χ2n) is 5.22. The van der Waals surface area contributed by atoms with Gasteiger partial charge in [0, 0.05) is 12.1 Å². The molecule has 0 atom stereocenters. The SMILES string of the molecule is NC(=O)c1ccc(N)c(NCCOC2CCCCC2)c1. The van der Waals surface area contributed by atoms with Gasteiger partial charge in [0.05, 0.1) is 24.1 Å². The molecule has 0 spiro atoms. The quantitative estimate of drug-likeness (QED) is 0.549. The number of benzene rings is 1. The molecule has 1 aliphatic rings. The lowest BCUT2D eigenvalue weighted by atomic mass is 9.98. The fraction of sp³-hybridized carbons (Fsp3) is 0.533. The molecule has 20 heavy (non-hydrogen) atoms. The van der Waals surface area contributed by atoms with Gasteiger partial charge >= 0.3 is 0 Å². The minimum atomic E-state index is -0.452. The predicted octanol–water partition coefficient (Wildman–Crippen LogP) is 2.13. The van der Waals surface area contributed by atoms with Gasteiger partial charge in [0.25, 0.3) is 0 Å². The minimum Gasteiger partial charge on any atom is -0.397 e. The molecule has 0 saturated heterocycles. The summed E-state index contributed by atoms with van der Waals surface area (Å²) in [4.78, 5) is 11.1. The summed E-state index contributed by atoms with van der Waals surface area (Å²) in [6.07, 6.45) is 6.60. The molecule has 1 amide bonds. The number of amides is 1. The van der Waals surface area contributed by atoms with Crippen LogP contribution in [-0.4, -0.2) is 25.2 Å². The molecule has 1 saturated carbocycles. The number of hydrogen-bond acceptors (Lipinski definition) is 4. The zero-order valence-corrected chi connectivity index (χ0v) is 11.7. The van der Waals surface area contributed by atoms with Crippen molar-refractivity contribution in [2.24, 2.45) is 5.73 Å². The topological polar surface area (TPSA) is 90.4 Å². The molecule has 0 heterocycles. The van der Waals surface area contributed by atoms with E-state index in [0.717, 1.165) is 5.69 Å². The van der Waals surface area contributed by atoms with E-state index in [0.29, 0.717) is 30.5 Å². The zero-order chi connectivity index (χ0) is 14.4. The summed E-state index contributed by atoms with van der Waals surface area (Å²) in [5, 5.41) is 3.19. The highest BCUT2D eigenvalue weighted by atomic mass is 16.5. The number of nitrogens with two attached hydrogens (primary N) is 2. The van der Waals surface area contributed by atoms with Crippen LogP contribution in [0.15, 0.2) is 18.2 Å². The summed E-state index contributed by atoms with van der Waals surface area (Å²) in [5.41, 5.74) is 12.9. The lowest BCUT2D eigenvalue weighted by molar-refractivity contribution is 0.0347. The Morgan fingerprint density at radius 1 is 1.30 bits per heavy atom. The van der Waals surface area contributed by atoms with E-state index in [4.69, 9.17) is 16.2 Å². The van der Waals surface area contributed by atoms with E-state index >= 15 is 0 Å². The average molecular weight is 277 g/mol. The fourth-order valence-corrected chi connectivity index (χ4v) is 2.51. The van der Waals surface area contributed by atoms with Gasteiger partial charge in [-0.25, -0.2) is 0 Å². The van der Waals surface area contributed by atoms with Gasteiger partial charge in [0.2, 0.25) is 5.91 Å². The summed E-state index contributed by atoms with van der Waals surface area (Å²) in [6, 6.07) is 4.99. The van der Waals surface area contributed by atoms with E-state index in [1.165, 1.54) is 32.1 Å². The highest BCUT2D eigenvalue weighted by molar-refractivity contribution is 5.94. The first kappa shape index (κ1) is 14.7. The normalized spacial score (nSPS) is 16.0. The molecule has 0 aliphatic heterocycles. The largest absolute Gasteiger partial charge is 0.397 e. The summed E-state index contributed by atoms with van der Waals surface area (Å²) >= 11 is 0. The van der Waals surface area contributed by atoms with E-state index in [1.54, 1.807) is 18.2 Å². The van der Waals surface area contributed by atoms with Crippen LogP contribution in [-0.2, 0) is 4.74 Å². The van der Waals surface area contributed by atoms with Gasteiger partial charge in [-0.05, 0) is 31.0 Å². The summed E-state index contributed by atoms with van der Waals surface area (Å²) < 4.78 is 5.83. The molecule has 110 valence electrons. The Hall–Kier alpha value is -1.75. The molecular weight excluding hydrogens is 254 g/mol. The van der Waals surface area contributed by atoms with Gasteiger partial charge < -0.3 is 21.5 Å². The number of ether oxygens (including phenoxy) is 1. The van der Waals surface area contributed by atoms with Crippen LogP contribution in [0.3, 0.4) is 0 Å². The molecule has 1 fully saturated rings. The van der Waals surface area contributed by atoms with Crippen LogP contribution >= 0.6 is 0 Å². The first-order valence-corrected chi connectivity index (χ1v) is 7.21. The van der Waals surface area contributed by atoms with Gasteiger partial charge in [0.1, 0.15) is 0 Å². The third kappa shape index (κ3) is 4.13. The van der Waals surface area contributed by atoms with Crippen LogP contribution in [0, 0.1) is 0 Å². The number of rotatable bonds is 6. The molecule has 0 radical (unpaired) electrons. The Morgan fingerprint density at radius 2 is 2.05 bits per heavy atom. The molecule has 0 unspecified atom stereocenters. The van der Waals surface area contributed by atoms with E-state index in [2.05, 4.69) is 5.32 Å². The lowest BCUT2D eigenvalue weighted by Crippen LogP contribution is -2.21. The first-order chi connectivity index (χ1) is 9.66. The van der Waals surface area contributed by atoms with E-state index in [1.807, 2.05) is 0 Å². The minimum absolute atomic E-state index is 0.403. The number of hydrogen-bond donors (Lipinski definition) is 3. The van der Waals surface area contributed by atoms with Gasteiger partial charge in [0.15, 0.2) is 0 Å². The monoisotopic (exact) mass is 277 g/mol. The highest BCUT2D eigenvalue weighted by Gasteiger charge is 2.13. The molecule has 1 aliphatic carbocycles. The Bertz CT molecular complexity index is 456. The number of nitrogen functional groups attached to an aromatic ring is 1. The van der Waals surface area contributed by atoms with E-state index < -0.39 is 5.91 Å². The Balaban J connectivity index is 1.78. The summed E-state index contributed by atoms with van der Waals surface area (Å²) in [6.45, 7) is 1.31. The average Bonchev–Trinajstić information content (AvgIpc) is 2.46. The fourth-order valence-electron chi connectivity index (χ4n) is 2.51. The number of primary amides is 1. The van der Waals surface area contributed by atoms with Crippen LogP contribution < -0.4 is 16.8 Å². The van der Waals surface area contributed by atoms with Crippen LogP contribution in [0.25, 0.3) is 0 Å². The summed E-state index contributed by atoms with van der Waals surface area (Å²) in [5.74, 6) is -0.452. The van der Waals surface area contributed by atoms with E-state index in [-0.39, 0.29) is 0 Å². The standard InChI is InChI=1S/C15H23N3O2/c16-13-7-6-11(15(17)19)10-14(13)18-8-9-20-12-4-2-1-3-5-12/h6-7,10,12,18H,1-5,8-9,16H2,(H2,17,19). The highest BCUT2D eigenvalue weighted by Crippen LogP contribution is 2.21. The first-order valence-electron chi connectivity index (χ1n) is 7.21. The van der Waals surface area contributed by atoms with Crippen molar-refractivity contribution in [3.05, 3.63) is 23.8 Å². The van der Waals surface area contributed by atoms with Crippen molar-refractivity contribution in [3.63, 3.8) is 0 Å². The van der Waals surface area contributed by atoms with Gasteiger partial charge in [-0.2, -0.15) is 0 Å². The van der Waals surface area contributed by atoms with Crippen molar-refractivity contribution in [2.75, 3.05) is 24.2 Å². The van der Waals surface area contributed by atoms with Gasteiger partial charge in [-0.3, -0.25) is 4.79 Å². The molecule has 0 bridgehead atoms. The summed E-state index contributed by atoms with van der Waals surface area (Å²) in [7, 11) is 0. The maximum Gasteiger partial charge on any atom is 0.248 e. The number of carbonyl (C=O) groups excluding carboxylic acids is 1. The van der Waals surface area contributed by atoms with E-state index in [9.17, 15) is 4.79 Å². The molecule has 1 aromatic carbocycles. The van der Waals surface area contributed by atoms with Crippen molar-refractivity contribution in [1.29, 1.82) is 0 Å². The third-order valence-corrected chi connectivity index (χ3v) is 3.66. The van der Waals surface area contributed by atoms with Crippen molar-refractivity contribution in [1.82, 2.24) is 0 Å². The molecule has 5 N–H and O–H groups in total. The van der Waals surface area contributed by atoms with Crippen LogP contribution in [0.4, 0.5) is 11.4 Å². The second kappa shape index (κ2) is 7.14. The Labute approximate surface area is 119 Å². The molecule has 5 heteroatoms. The van der Waals surface area contributed by atoms with Crippen LogP contribution in [0.5, 0.6) is 0 Å². The number of nitrogens with one attached hydrogen (secondary N) is 1. The molecule has 1 aromatic rings. The van der Waals surface area contributed by atoms with Gasteiger partial charge in [-0.15, -0.1) is 0 Å². The molecule has 0 aromatic heterocycles. The predicted molar refractivity (Wildman–Crippen MR) is 80.7 cm³/mol. The Kier molecular flexibility index (Phi) is 5.24. The van der Waals surface area contributed by atoms with Crippen LogP contribution in [0.1, 0.15) is 42.5 Å². The van der Waals surface area contributed by atoms with Crippen molar-refractivity contribution in [3.8, 4) is 0 Å². The lowest BCUT2D eigenvalue weighted by Gasteiger charge is -2.22. The van der Waals surface area contributed by atoms with Gasteiger partial charge in [-0.1, -0.05) is 19.3 Å². The Morgan fingerprint density at radius 3 is 2.75 bits per heavy atom. The second-order valence-corrected chi connectivity index (χ2v) is 5.22. The maximum absolute atomic E-state index is 11.1. The molecule has 5 nitrogen and oxygen atoms in total. The number of anilines is 2. The van der Waals surface area contributed by atoms with Crippen molar-refractivity contribution < 1.29 is 9.53 Å². The molecular formula is C15H23N3O2. The van der Waals surface area contributed by atoms with Crippen molar-refractivity contribution in [2.45, 2.75) is 38.2 Å². The number of carbonyl (C=O) groups is 1. The molecule has 2 rings (SSSR count). The zero-order valence-electron chi connectivity index (χ0n) is 11.7. The van der Waals surface area contributed by atoms with Crippen molar-refractivity contribution >= 4 is 17.3 Å². The van der Waals surface area contributed by atoms with Crippen LogP contribution in [0.2, 0.25) is 0 Å². The third-order valence-electron chi connectivity index (χ3n) is 3.66.